The summed E-state index contributed by atoms with van der Waals surface area (Å²) in [6.45, 7) is 4.29. The molecule has 2 aromatic heterocycles. The van der Waals surface area contributed by atoms with Crippen molar-refractivity contribution in [2.45, 2.75) is 19.3 Å². The summed E-state index contributed by atoms with van der Waals surface area (Å²) in [5.41, 5.74) is 2.64. The Morgan fingerprint density at radius 2 is 2.47 bits per heavy atom. The average Bonchev–Trinajstić information content (AvgIpc) is 2.88. The van der Waals surface area contributed by atoms with Crippen molar-refractivity contribution in [1.29, 1.82) is 0 Å². The molecule has 0 aromatic carbocycles. The van der Waals surface area contributed by atoms with E-state index in [1.54, 1.807) is 0 Å². The highest BCUT2D eigenvalue weighted by atomic mass is 15.0. The number of pyridine rings is 1. The Kier molecular flexibility index (Phi) is 1.99. The van der Waals surface area contributed by atoms with Crippen LogP contribution in [0.4, 0.5) is 0 Å². The van der Waals surface area contributed by atoms with Crippen LogP contribution in [0.2, 0.25) is 0 Å². The van der Waals surface area contributed by atoms with E-state index in [2.05, 4.69) is 33.0 Å². The van der Waals surface area contributed by atoms with E-state index in [9.17, 15) is 0 Å². The van der Waals surface area contributed by atoms with E-state index in [0.29, 0.717) is 5.92 Å². The monoisotopic (exact) mass is 201 g/mol. The van der Waals surface area contributed by atoms with Gasteiger partial charge in [-0.3, -0.25) is 0 Å². The van der Waals surface area contributed by atoms with Crippen LogP contribution in [0.3, 0.4) is 0 Å². The average molecular weight is 201 g/mol. The van der Waals surface area contributed by atoms with Gasteiger partial charge in [0.05, 0.1) is 11.7 Å². The van der Waals surface area contributed by atoms with Gasteiger partial charge < -0.3 is 9.72 Å². The number of nitrogens with one attached hydrogen (secondary N) is 1. The Bertz CT molecular complexity index is 481. The predicted molar refractivity (Wildman–Crippen MR) is 60.2 cm³/mol. The minimum Gasteiger partial charge on any atom is -0.316 e. The van der Waals surface area contributed by atoms with Crippen LogP contribution in [-0.2, 0) is 0 Å². The molecule has 3 nitrogen and oxygen atoms in total. The molecule has 0 spiro atoms. The lowest BCUT2D eigenvalue weighted by Gasteiger charge is -2.09. The second-order valence-electron chi connectivity index (χ2n) is 4.25. The highest BCUT2D eigenvalue weighted by molar-refractivity contribution is 5.49. The van der Waals surface area contributed by atoms with Crippen LogP contribution in [0.15, 0.2) is 24.5 Å². The molecule has 1 atom stereocenters. The lowest BCUT2D eigenvalue weighted by Crippen LogP contribution is -2.08. The van der Waals surface area contributed by atoms with Gasteiger partial charge in [-0.1, -0.05) is 0 Å². The van der Waals surface area contributed by atoms with Crippen molar-refractivity contribution in [3.8, 4) is 0 Å². The van der Waals surface area contributed by atoms with Crippen molar-refractivity contribution >= 4 is 5.52 Å². The van der Waals surface area contributed by atoms with Gasteiger partial charge in [0.15, 0.2) is 0 Å². The zero-order valence-electron chi connectivity index (χ0n) is 8.90. The maximum Gasteiger partial charge on any atom is 0.110 e. The molecule has 0 bridgehead atoms. The number of aryl methyl sites for hydroxylation is 1. The van der Waals surface area contributed by atoms with Gasteiger partial charge in [-0.05, 0) is 43.5 Å². The highest BCUT2D eigenvalue weighted by Gasteiger charge is 2.16. The standard InChI is InChI=1S/C12H15N3/c1-9-14-8-12-6-10(3-5-15(9)12)11-2-4-13-7-11/h3,5-6,8,11,13H,2,4,7H2,1H3. The van der Waals surface area contributed by atoms with E-state index >= 15 is 0 Å². The highest BCUT2D eigenvalue weighted by Crippen LogP contribution is 2.23. The van der Waals surface area contributed by atoms with Crippen molar-refractivity contribution in [3.63, 3.8) is 0 Å². The second-order valence-corrected chi connectivity index (χ2v) is 4.25. The summed E-state index contributed by atoms with van der Waals surface area (Å²) in [5.74, 6) is 1.74. The molecule has 3 heterocycles. The van der Waals surface area contributed by atoms with E-state index in [4.69, 9.17) is 0 Å². The van der Waals surface area contributed by atoms with Crippen LogP contribution in [0.25, 0.3) is 5.52 Å². The fraction of sp³-hybridized carbons (Fsp3) is 0.417. The number of rotatable bonds is 1. The fourth-order valence-corrected chi connectivity index (χ4v) is 2.34. The molecule has 3 rings (SSSR count). The maximum atomic E-state index is 4.31. The van der Waals surface area contributed by atoms with Crippen molar-refractivity contribution in [2.75, 3.05) is 13.1 Å². The molecule has 0 saturated carbocycles. The molecular formula is C12H15N3. The molecule has 1 unspecified atom stereocenters. The lowest BCUT2D eigenvalue weighted by molar-refractivity contribution is 0.762. The van der Waals surface area contributed by atoms with Gasteiger partial charge in [0.1, 0.15) is 5.82 Å². The molecule has 2 aromatic rings. The smallest absolute Gasteiger partial charge is 0.110 e. The number of nitrogens with zero attached hydrogens (tertiary/aromatic N) is 2. The van der Waals surface area contributed by atoms with Gasteiger partial charge in [0.25, 0.3) is 0 Å². The summed E-state index contributed by atoms with van der Waals surface area (Å²) >= 11 is 0. The third kappa shape index (κ3) is 1.43. The first-order valence-electron chi connectivity index (χ1n) is 5.49. The third-order valence-electron chi connectivity index (χ3n) is 3.27. The SMILES string of the molecule is Cc1ncc2cc(C3CCNC3)ccn12. The van der Waals surface area contributed by atoms with Crippen LogP contribution >= 0.6 is 0 Å². The first-order chi connectivity index (χ1) is 7.34. The molecule has 0 amide bonds. The Labute approximate surface area is 89.1 Å². The largest absolute Gasteiger partial charge is 0.316 e. The lowest BCUT2D eigenvalue weighted by atomic mass is 9.99. The number of imidazole rings is 1. The zero-order valence-corrected chi connectivity index (χ0v) is 8.90. The van der Waals surface area contributed by atoms with Crippen molar-refractivity contribution in [3.05, 3.63) is 35.9 Å². The topological polar surface area (TPSA) is 29.3 Å². The Hall–Kier alpha value is -1.35. The number of fused-ring (bicyclic) bond motifs is 1. The Morgan fingerprint density at radius 1 is 1.53 bits per heavy atom. The van der Waals surface area contributed by atoms with E-state index in [1.807, 2.05) is 13.1 Å². The maximum absolute atomic E-state index is 4.31. The first kappa shape index (κ1) is 8.92. The molecule has 0 aliphatic carbocycles. The van der Waals surface area contributed by atoms with Crippen LogP contribution in [0.1, 0.15) is 23.7 Å². The van der Waals surface area contributed by atoms with Gasteiger partial charge in [-0.15, -0.1) is 0 Å². The molecule has 1 fully saturated rings. The zero-order chi connectivity index (χ0) is 10.3. The van der Waals surface area contributed by atoms with Gasteiger partial charge in [0.2, 0.25) is 0 Å². The minimum atomic E-state index is 0.685. The van der Waals surface area contributed by atoms with Crippen LogP contribution in [-0.4, -0.2) is 22.5 Å². The summed E-state index contributed by atoms with van der Waals surface area (Å²) in [4.78, 5) is 4.31. The van der Waals surface area contributed by atoms with Crippen molar-refractivity contribution in [2.24, 2.45) is 0 Å². The van der Waals surface area contributed by atoms with Crippen molar-refractivity contribution in [1.82, 2.24) is 14.7 Å². The molecular weight excluding hydrogens is 186 g/mol. The van der Waals surface area contributed by atoms with Gasteiger partial charge in [-0.2, -0.15) is 0 Å². The van der Waals surface area contributed by atoms with Gasteiger partial charge in [0, 0.05) is 12.7 Å². The van der Waals surface area contributed by atoms with E-state index in [0.717, 1.165) is 18.9 Å². The van der Waals surface area contributed by atoms with E-state index in [1.165, 1.54) is 17.5 Å². The fourth-order valence-electron chi connectivity index (χ4n) is 2.34. The Balaban J connectivity index is 2.05. The summed E-state index contributed by atoms with van der Waals surface area (Å²) in [5, 5.41) is 3.40. The number of hydrogen-bond donors (Lipinski definition) is 1. The minimum absolute atomic E-state index is 0.685. The molecule has 1 aliphatic rings. The van der Waals surface area contributed by atoms with E-state index < -0.39 is 0 Å². The number of hydrogen-bond acceptors (Lipinski definition) is 2. The predicted octanol–water partition coefficient (Wildman–Crippen LogP) is 1.72. The van der Waals surface area contributed by atoms with Gasteiger partial charge in [-0.25, -0.2) is 4.98 Å². The van der Waals surface area contributed by atoms with E-state index in [-0.39, 0.29) is 0 Å². The quantitative estimate of drug-likeness (QED) is 0.761. The second kappa shape index (κ2) is 3.35. The normalized spacial score (nSPS) is 21.3. The summed E-state index contributed by atoms with van der Waals surface area (Å²) < 4.78 is 2.13. The van der Waals surface area contributed by atoms with Gasteiger partial charge >= 0.3 is 0 Å². The van der Waals surface area contributed by atoms with Crippen LogP contribution < -0.4 is 5.32 Å². The van der Waals surface area contributed by atoms with Crippen LogP contribution in [0.5, 0.6) is 0 Å². The third-order valence-corrected chi connectivity index (χ3v) is 3.27. The molecule has 1 N–H and O–H groups in total. The molecule has 1 aliphatic heterocycles. The summed E-state index contributed by atoms with van der Waals surface area (Å²) in [6.07, 6.45) is 5.33. The summed E-state index contributed by atoms with van der Waals surface area (Å²) in [7, 11) is 0. The Morgan fingerprint density at radius 3 is 3.27 bits per heavy atom. The molecule has 0 radical (unpaired) electrons. The van der Waals surface area contributed by atoms with Crippen molar-refractivity contribution < 1.29 is 0 Å². The molecule has 78 valence electrons. The van der Waals surface area contributed by atoms with Crippen LogP contribution in [0, 0.1) is 6.92 Å². The summed E-state index contributed by atoms with van der Waals surface area (Å²) in [6, 6.07) is 4.48. The molecule has 3 heteroatoms. The molecule has 1 saturated heterocycles. The number of aromatic nitrogens is 2. The molecule has 15 heavy (non-hydrogen) atoms. The first-order valence-corrected chi connectivity index (χ1v) is 5.49.